The average Bonchev–Trinajstić information content (AvgIpc) is 3.24. The van der Waals surface area contributed by atoms with Crippen molar-refractivity contribution in [3.63, 3.8) is 0 Å². The Labute approximate surface area is 161 Å². The van der Waals surface area contributed by atoms with Gasteiger partial charge in [-0.2, -0.15) is 4.98 Å². The normalized spacial score (nSPS) is 11.0. The predicted octanol–water partition coefficient (Wildman–Crippen LogP) is 4.05. The third-order valence-electron chi connectivity index (χ3n) is 4.59. The van der Waals surface area contributed by atoms with Crippen molar-refractivity contribution >= 4 is 22.2 Å². The van der Waals surface area contributed by atoms with E-state index in [9.17, 15) is 4.79 Å². The molecule has 0 aliphatic carbocycles. The van der Waals surface area contributed by atoms with Crippen LogP contribution < -0.4 is 5.32 Å². The van der Waals surface area contributed by atoms with Gasteiger partial charge in [-0.15, -0.1) is 16.4 Å². The molecule has 1 N–H and O–H groups in total. The van der Waals surface area contributed by atoms with E-state index in [4.69, 9.17) is 0 Å². The number of benzene rings is 2. The van der Waals surface area contributed by atoms with E-state index in [1.165, 1.54) is 0 Å². The lowest BCUT2D eigenvalue weighted by atomic mass is 10.1. The molecule has 0 spiro atoms. The van der Waals surface area contributed by atoms with Gasteiger partial charge in [0.1, 0.15) is 0 Å². The second-order valence-corrected chi connectivity index (χ2v) is 7.33. The molecule has 27 heavy (non-hydrogen) atoms. The number of carbonyl (C=O) groups excluding carboxylic acids is 1. The van der Waals surface area contributed by atoms with Crippen molar-refractivity contribution in [3.8, 4) is 11.4 Å². The third-order valence-corrected chi connectivity index (χ3v) is 5.46. The lowest BCUT2D eigenvalue weighted by molar-refractivity contribution is 0.0953. The first-order valence-corrected chi connectivity index (χ1v) is 9.74. The van der Waals surface area contributed by atoms with Crippen molar-refractivity contribution in [3.05, 3.63) is 76.3 Å². The number of hydrogen-bond donors (Lipinski definition) is 1. The van der Waals surface area contributed by atoms with Crippen molar-refractivity contribution in [1.29, 1.82) is 0 Å². The van der Waals surface area contributed by atoms with Gasteiger partial charge in [0.25, 0.3) is 5.91 Å². The number of rotatable bonds is 5. The number of fused-ring (bicyclic) bond motifs is 1. The molecule has 2 aromatic heterocycles. The number of nitrogens with one attached hydrogen (secondary N) is 1. The van der Waals surface area contributed by atoms with E-state index >= 15 is 0 Å². The van der Waals surface area contributed by atoms with Gasteiger partial charge < -0.3 is 5.32 Å². The van der Waals surface area contributed by atoms with Crippen LogP contribution in [-0.2, 0) is 6.42 Å². The van der Waals surface area contributed by atoms with E-state index in [0.29, 0.717) is 13.0 Å². The number of amides is 1. The van der Waals surface area contributed by atoms with Crippen molar-refractivity contribution in [2.75, 3.05) is 6.54 Å². The van der Waals surface area contributed by atoms with Crippen LogP contribution in [0.2, 0.25) is 0 Å². The Morgan fingerprint density at radius 3 is 2.59 bits per heavy atom. The van der Waals surface area contributed by atoms with Crippen LogP contribution >= 0.6 is 11.3 Å². The van der Waals surface area contributed by atoms with Crippen molar-refractivity contribution in [2.24, 2.45) is 0 Å². The number of hydrogen-bond acceptors (Lipinski definition) is 4. The number of thiazole rings is 1. The molecule has 0 radical (unpaired) electrons. The topological polar surface area (TPSA) is 59.3 Å². The number of aromatic nitrogens is 3. The highest BCUT2D eigenvalue weighted by atomic mass is 32.1. The SMILES string of the molecule is Cc1ccccc1C(=O)NCCc1csc2nc(-c3ccccc3C)nn12. The highest BCUT2D eigenvalue weighted by Gasteiger charge is 2.13. The van der Waals surface area contributed by atoms with E-state index in [0.717, 1.165) is 38.7 Å². The van der Waals surface area contributed by atoms with Gasteiger partial charge in [-0.05, 0) is 31.0 Å². The molecule has 0 aliphatic rings. The lowest BCUT2D eigenvalue weighted by Crippen LogP contribution is -2.26. The summed E-state index contributed by atoms with van der Waals surface area (Å²) >= 11 is 1.57. The minimum Gasteiger partial charge on any atom is -0.352 e. The molecule has 0 saturated heterocycles. The maximum Gasteiger partial charge on any atom is 0.251 e. The summed E-state index contributed by atoms with van der Waals surface area (Å²) in [6, 6.07) is 15.7. The molecule has 1 amide bonds. The van der Waals surface area contributed by atoms with E-state index in [-0.39, 0.29) is 5.91 Å². The summed E-state index contributed by atoms with van der Waals surface area (Å²) in [5, 5.41) is 9.72. The first-order chi connectivity index (χ1) is 13.1. The monoisotopic (exact) mass is 376 g/mol. The van der Waals surface area contributed by atoms with Crippen LogP contribution in [0.1, 0.15) is 27.2 Å². The van der Waals surface area contributed by atoms with Crippen LogP contribution in [0.15, 0.2) is 53.9 Å². The second kappa shape index (κ2) is 7.32. The summed E-state index contributed by atoms with van der Waals surface area (Å²) in [5.74, 6) is 0.698. The molecule has 4 aromatic rings. The molecule has 0 fully saturated rings. The fourth-order valence-corrected chi connectivity index (χ4v) is 3.92. The Balaban J connectivity index is 1.48. The Bertz CT molecular complexity index is 1110. The zero-order valence-electron chi connectivity index (χ0n) is 15.3. The minimum absolute atomic E-state index is 0.0428. The molecule has 0 saturated carbocycles. The molecule has 2 heterocycles. The van der Waals surface area contributed by atoms with Gasteiger partial charge in [-0.25, -0.2) is 4.52 Å². The molecule has 2 aromatic carbocycles. The van der Waals surface area contributed by atoms with E-state index in [1.54, 1.807) is 11.3 Å². The molecule has 0 atom stereocenters. The third kappa shape index (κ3) is 3.48. The molecular weight excluding hydrogens is 356 g/mol. The van der Waals surface area contributed by atoms with E-state index in [1.807, 2.05) is 53.9 Å². The van der Waals surface area contributed by atoms with Gasteiger partial charge in [-0.3, -0.25) is 4.79 Å². The first-order valence-electron chi connectivity index (χ1n) is 8.86. The molecule has 0 unspecified atom stereocenters. The highest BCUT2D eigenvalue weighted by Crippen LogP contribution is 2.23. The van der Waals surface area contributed by atoms with Crippen molar-refractivity contribution < 1.29 is 4.79 Å². The summed E-state index contributed by atoms with van der Waals surface area (Å²) in [5.41, 5.74) is 4.95. The maximum absolute atomic E-state index is 12.3. The maximum atomic E-state index is 12.3. The first kappa shape index (κ1) is 17.4. The van der Waals surface area contributed by atoms with Crippen LogP contribution in [0.3, 0.4) is 0 Å². The largest absolute Gasteiger partial charge is 0.352 e. The zero-order chi connectivity index (χ0) is 18.8. The van der Waals surface area contributed by atoms with Gasteiger partial charge in [0.15, 0.2) is 5.82 Å². The van der Waals surface area contributed by atoms with Crippen LogP contribution in [0.4, 0.5) is 0 Å². The van der Waals surface area contributed by atoms with Crippen LogP contribution in [0, 0.1) is 13.8 Å². The summed E-state index contributed by atoms with van der Waals surface area (Å²) in [6.07, 6.45) is 0.703. The van der Waals surface area contributed by atoms with E-state index < -0.39 is 0 Å². The summed E-state index contributed by atoms with van der Waals surface area (Å²) in [7, 11) is 0. The fraction of sp³-hybridized carbons (Fsp3) is 0.190. The van der Waals surface area contributed by atoms with Crippen LogP contribution in [-0.4, -0.2) is 27.0 Å². The molecule has 0 aliphatic heterocycles. The molecule has 0 bridgehead atoms. The highest BCUT2D eigenvalue weighted by molar-refractivity contribution is 7.15. The van der Waals surface area contributed by atoms with Gasteiger partial charge in [0, 0.05) is 29.5 Å². The van der Waals surface area contributed by atoms with Gasteiger partial charge in [0.2, 0.25) is 4.96 Å². The quantitative estimate of drug-likeness (QED) is 0.572. The Hall–Kier alpha value is -2.99. The number of aryl methyl sites for hydroxylation is 2. The summed E-state index contributed by atoms with van der Waals surface area (Å²) in [4.78, 5) is 17.9. The zero-order valence-corrected chi connectivity index (χ0v) is 16.1. The Kier molecular flexibility index (Phi) is 4.73. The van der Waals surface area contributed by atoms with Crippen LogP contribution in [0.25, 0.3) is 16.3 Å². The predicted molar refractivity (Wildman–Crippen MR) is 108 cm³/mol. The molecule has 136 valence electrons. The number of nitrogens with zero attached hydrogens (tertiary/aromatic N) is 3. The molecule has 5 nitrogen and oxygen atoms in total. The Morgan fingerprint density at radius 1 is 1.07 bits per heavy atom. The molecule has 6 heteroatoms. The van der Waals surface area contributed by atoms with E-state index in [2.05, 4.69) is 33.8 Å². The lowest BCUT2D eigenvalue weighted by Gasteiger charge is -2.07. The van der Waals surface area contributed by atoms with Gasteiger partial charge in [-0.1, -0.05) is 42.5 Å². The average molecular weight is 376 g/mol. The fourth-order valence-electron chi connectivity index (χ4n) is 3.06. The summed E-state index contributed by atoms with van der Waals surface area (Å²) in [6.45, 7) is 4.56. The van der Waals surface area contributed by atoms with Gasteiger partial charge >= 0.3 is 0 Å². The van der Waals surface area contributed by atoms with Crippen molar-refractivity contribution in [2.45, 2.75) is 20.3 Å². The van der Waals surface area contributed by atoms with Gasteiger partial charge in [0.05, 0.1) is 5.69 Å². The standard InChI is InChI=1S/C21H20N4OS/c1-14-7-3-5-9-17(14)19-23-21-25(24-19)16(13-27-21)11-12-22-20(26)18-10-6-4-8-15(18)2/h3-10,13H,11-12H2,1-2H3,(H,22,26). The minimum atomic E-state index is -0.0428. The smallest absolute Gasteiger partial charge is 0.251 e. The Morgan fingerprint density at radius 2 is 1.81 bits per heavy atom. The van der Waals surface area contributed by atoms with Crippen LogP contribution in [0.5, 0.6) is 0 Å². The number of carbonyl (C=O) groups is 1. The second-order valence-electron chi connectivity index (χ2n) is 6.49. The molecular formula is C21H20N4OS. The molecule has 4 rings (SSSR count). The summed E-state index contributed by atoms with van der Waals surface area (Å²) < 4.78 is 1.88. The van der Waals surface area contributed by atoms with Crippen molar-refractivity contribution in [1.82, 2.24) is 19.9 Å².